The monoisotopic (exact) mass is 233 g/mol. The van der Waals surface area contributed by atoms with Crippen molar-refractivity contribution in [1.82, 2.24) is 9.88 Å². The SMILES string of the molecule is Nc1cc(CN2CCOCC23CCC3)ccn1. The molecular formula is C13H19N3O. The number of morpholine rings is 1. The minimum atomic E-state index is 0.316. The van der Waals surface area contributed by atoms with Crippen molar-refractivity contribution in [3.05, 3.63) is 23.9 Å². The van der Waals surface area contributed by atoms with E-state index in [9.17, 15) is 0 Å². The minimum absolute atomic E-state index is 0.316. The molecule has 1 aromatic heterocycles. The summed E-state index contributed by atoms with van der Waals surface area (Å²) in [6.45, 7) is 3.74. The van der Waals surface area contributed by atoms with Crippen LogP contribution in [-0.4, -0.2) is 35.2 Å². The third kappa shape index (κ3) is 2.03. The largest absolute Gasteiger partial charge is 0.384 e. The molecule has 1 saturated carbocycles. The van der Waals surface area contributed by atoms with Crippen molar-refractivity contribution < 1.29 is 4.74 Å². The minimum Gasteiger partial charge on any atom is -0.384 e. The van der Waals surface area contributed by atoms with Crippen molar-refractivity contribution in [3.8, 4) is 0 Å². The number of nitrogens with zero attached hydrogens (tertiary/aromatic N) is 2. The van der Waals surface area contributed by atoms with E-state index in [0.717, 1.165) is 26.3 Å². The van der Waals surface area contributed by atoms with Crippen LogP contribution in [0.4, 0.5) is 5.82 Å². The predicted octanol–water partition coefficient (Wildman–Crippen LogP) is 1.42. The Labute approximate surface area is 102 Å². The third-order valence-electron chi connectivity index (χ3n) is 4.05. The third-order valence-corrected chi connectivity index (χ3v) is 4.05. The quantitative estimate of drug-likeness (QED) is 0.839. The molecule has 17 heavy (non-hydrogen) atoms. The van der Waals surface area contributed by atoms with Gasteiger partial charge >= 0.3 is 0 Å². The highest BCUT2D eigenvalue weighted by Crippen LogP contribution is 2.40. The molecule has 0 bridgehead atoms. The van der Waals surface area contributed by atoms with E-state index in [-0.39, 0.29) is 0 Å². The fourth-order valence-corrected chi connectivity index (χ4v) is 2.87. The van der Waals surface area contributed by atoms with Crippen molar-refractivity contribution in [1.29, 1.82) is 0 Å². The zero-order valence-electron chi connectivity index (χ0n) is 10.1. The van der Waals surface area contributed by atoms with Crippen molar-refractivity contribution in [2.24, 2.45) is 0 Å². The van der Waals surface area contributed by atoms with Crippen molar-refractivity contribution in [2.45, 2.75) is 31.3 Å². The summed E-state index contributed by atoms with van der Waals surface area (Å²) in [5.41, 5.74) is 7.29. The Bertz CT molecular complexity index is 403. The number of rotatable bonds is 2. The summed E-state index contributed by atoms with van der Waals surface area (Å²) in [6.07, 6.45) is 5.66. The summed E-state index contributed by atoms with van der Waals surface area (Å²) in [5.74, 6) is 0.610. The van der Waals surface area contributed by atoms with Crippen LogP contribution in [0.3, 0.4) is 0 Å². The van der Waals surface area contributed by atoms with E-state index in [1.807, 2.05) is 6.07 Å². The first-order chi connectivity index (χ1) is 8.28. The molecule has 1 aliphatic carbocycles. The van der Waals surface area contributed by atoms with E-state index in [1.54, 1.807) is 6.20 Å². The van der Waals surface area contributed by atoms with E-state index in [4.69, 9.17) is 10.5 Å². The van der Waals surface area contributed by atoms with Gasteiger partial charge in [-0.2, -0.15) is 0 Å². The summed E-state index contributed by atoms with van der Waals surface area (Å²) < 4.78 is 5.64. The van der Waals surface area contributed by atoms with E-state index >= 15 is 0 Å². The summed E-state index contributed by atoms with van der Waals surface area (Å²) in [6, 6.07) is 4.03. The number of ether oxygens (including phenoxy) is 1. The van der Waals surface area contributed by atoms with Gasteiger partial charge in [-0.1, -0.05) is 0 Å². The smallest absolute Gasteiger partial charge is 0.123 e. The maximum Gasteiger partial charge on any atom is 0.123 e. The summed E-state index contributed by atoms with van der Waals surface area (Å²) >= 11 is 0. The molecule has 1 spiro atoms. The van der Waals surface area contributed by atoms with E-state index in [2.05, 4.69) is 16.0 Å². The average molecular weight is 233 g/mol. The Balaban J connectivity index is 1.75. The lowest BCUT2D eigenvalue weighted by molar-refractivity contribution is -0.111. The lowest BCUT2D eigenvalue weighted by Crippen LogP contribution is -2.60. The van der Waals surface area contributed by atoms with Crippen LogP contribution in [-0.2, 0) is 11.3 Å². The number of pyridine rings is 1. The molecule has 2 N–H and O–H groups in total. The molecule has 2 fully saturated rings. The molecule has 0 unspecified atom stereocenters. The van der Waals surface area contributed by atoms with Crippen LogP contribution in [0.1, 0.15) is 24.8 Å². The van der Waals surface area contributed by atoms with Crippen molar-refractivity contribution in [3.63, 3.8) is 0 Å². The highest BCUT2D eigenvalue weighted by Gasteiger charge is 2.44. The molecule has 2 heterocycles. The van der Waals surface area contributed by atoms with Crippen LogP contribution in [0, 0.1) is 0 Å². The van der Waals surface area contributed by atoms with Crippen LogP contribution in [0.15, 0.2) is 18.3 Å². The Hall–Kier alpha value is -1.13. The molecule has 0 atom stereocenters. The molecule has 3 rings (SSSR count). The van der Waals surface area contributed by atoms with Gasteiger partial charge in [0.1, 0.15) is 5.82 Å². The average Bonchev–Trinajstić information content (AvgIpc) is 2.28. The van der Waals surface area contributed by atoms with E-state index in [0.29, 0.717) is 11.4 Å². The van der Waals surface area contributed by atoms with E-state index < -0.39 is 0 Å². The summed E-state index contributed by atoms with van der Waals surface area (Å²) in [7, 11) is 0. The number of hydrogen-bond donors (Lipinski definition) is 1. The number of hydrogen-bond acceptors (Lipinski definition) is 4. The molecule has 0 aromatic carbocycles. The Morgan fingerprint density at radius 2 is 2.35 bits per heavy atom. The van der Waals surface area contributed by atoms with Gasteiger partial charge in [0.05, 0.1) is 13.2 Å². The fourth-order valence-electron chi connectivity index (χ4n) is 2.87. The highest BCUT2D eigenvalue weighted by molar-refractivity contribution is 5.31. The number of nitrogen functional groups attached to an aromatic ring is 1. The number of aromatic nitrogens is 1. The molecule has 0 radical (unpaired) electrons. The van der Waals surface area contributed by atoms with Gasteiger partial charge in [-0.15, -0.1) is 0 Å². The van der Waals surface area contributed by atoms with Gasteiger partial charge < -0.3 is 10.5 Å². The molecule has 4 heteroatoms. The molecule has 1 aliphatic heterocycles. The van der Waals surface area contributed by atoms with Gasteiger partial charge in [-0.3, -0.25) is 4.90 Å². The Kier molecular flexibility index (Phi) is 2.76. The topological polar surface area (TPSA) is 51.4 Å². The van der Waals surface area contributed by atoms with Crippen LogP contribution >= 0.6 is 0 Å². The van der Waals surface area contributed by atoms with Gasteiger partial charge in [-0.25, -0.2) is 4.98 Å². The highest BCUT2D eigenvalue weighted by atomic mass is 16.5. The molecule has 1 saturated heterocycles. The lowest BCUT2D eigenvalue weighted by Gasteiger charge is -2.52. The molecular weight excluding hydrogens is 214 g/mol. The fraction of sp³-hybridized carbons (Fsp3) is 0.615. The molecule has 1 aromatic rings. The molecule has 2 aliphatic rings. The van der Waals surface area contributed by atoms with Crippen LogP contribution in [0.2, 0.25) is 0 Å². The van der Waals surface area contributed by atoms with E-state index in [1.165, 1.54) is 24.8 Å². The maximum absolute atomic E-state index is 5.72. The summed E-state index contributed by atoms with van der Waals surface area (Å²) in [5, 5.41) is 0. The lowest BCUT2D eigenvalue weighted by atomic mass is 9.75. The second-order valence-electron chi connectivity index (χ2n) is 5.14. The number of anilines is 1. The van der Waals surface area contributed by atoms with Gasteiger partial charge in [0.25, 0.3) is 0 Å². The van der Waals surface area contributed by atoms with Gasteiger partial charge in [0.2, 0.25) is 0 Å². The first kappa shape index (κ1) is 11.0. The maximum atomic E-state index is 5.72. The van der Waals surface area contributed by atoms with Crippen LogP contribution in [0.5, 0.6) is 0 Å². The standard InChI is InChI=1S/C13H19N3O/c14-12-8-11(2-5-15-12)9-16-6-7-17-10-13(16)3-1-4-13/h2,5,8H,1,3-4,6-7,9-10H2,(H2,14,15). The van der Waals surface area contributed by atoms with Gasteiger partial charge in [0, 0.05) is 24.8 Å². The first-order valence-electron chi connectivity index (χ1n) is 6.32. The predicted molar refractivity (Wildman–Crippen MR) is 66.5 cm³/mol. The van der Waals surface area contributed by atoms with Crippen molar-refractivity contribution >= 4 is 5.82 Å². The Morgan fingerprint density at radius 3 is 3.06 bits per heavy atom. The number of nitrogens with two attached hydrogens (primary N) is 1. The summed E-state index contributed by atoms with van der Waals surface area (Å²) in [4.78, 5) is 6.60. The normalized spacial score (nSPS) is 23.5. The zero-order valence-corrected chi connectivity index (χ0v) is 10.1. The van der Waals surface area contributed by atoms with Crippen LogP contribution in [0.25, 0.3) is 0 Å². The van der Waals surface area contributed by atoms with Crippen molar-refractivity contribution in [2.75, 3.05) is 25.5 Å². The molecule has 0 amide bonds. The first-order valence-corrected chi connectivity index (χ1v) is 6.32. The molecule has 92 valence electrons. The second-order valence-corrected chi connectivity index (χ2v) is 5.14. The van der Waals surface area contributed by atoms with Gasteiger partial charge in [0.15, 0.2) is 0 Å². The van der Waals surface area contributed by atoms with Crippen LogP contribution < -0.4 is 5.73 Å². The van der Waals surface area contributed by atoms with Gasteiger partial charge in [-0.05, 0) is 37.0 Å². The Morgan fingerprint density at radius 1 is 1.47 bits per heavy atom. The molecule has 4 nitrogen and oxygen atoms in total. The second kappa shape index (κ2) is 4.27. The zero-order chi connectivity index (χ0) is 11.7.